The second-order valence-corrected chi connectivity index (χ2v) is 7.79. The molecule has 8 nitrogen and oxygen atoms in total. The highest BCUT2D eigenvalue weighted by Crippen LogP contribution is 2.34. The number of rotatable bonds is 5. The molecule has 0 fully saturated rings. The molecule has 1 atom stereocenters. The number of carbonyl (C=O) groups is 3. The third-order valence-corrected chi connectivity index (χ3v) is 5.46. The van der Waals surface area contributed by atoms with E-state index in [1.165, 1.54) is 25.2 Å². The Labute approximate surface area is 172 Å². The summed E-state index contributed by atoms with van der Waals surface area (Å²) in [5, 5.41) is 5.75. The molecule has 0 aliphatic carbocycles. The summed E-state index contributed by atoms with van der Waals surface area (Å²) in [7, 11) is 0. The molecule has 1 aliphatic rings. The lowest BCUT2D eigenvalue weighted by atomic mass is 10.1. The Balaban J connectivity index is 1.68. The number of amides is 2. The van der Waals surface area contributed by atoms with Crippen LogP contribution in [0.15, 0.2) is 18.2 Å². The molecule has 2 aromatic rings. The molecule has 9 heteroatoms. The monoisotopic (exact) mass is 418 g/mol. The third-order valence-electron chi connectivity index (χ3n) is 4.34. The van der Waals surface area contributed by atoms with Crippen LogP contribution in [-0.4, -0.2) is 37.1 Å². The minimum atomic E-state index is -1.04. The van der Waals surface area contributed by atoms with Crippen LogP contribution in [-0.2, 0) is 14.3 Å². The largest absolute Gasteiger partial charge is 0.486 e. The number of carbonyl (C=O) groups excluding carboxylic acids is 3. The number of hydrogen-bond acceptors (Lipinski definition) is 7. The summed E-state index contributed by atoms with van der Waals surface area (Å²) in [6, 6.07) is 5.04. The zero-order valence-electron chi connectivity index (χ0n) is 16.6. The summed E-state index contributed by atoms with van der Waals surface area (Å²) >= 11 is 1.29. The van der Waals surface area contributed by atoms with E-state index in [2.05, 4.69) is 10.6 Å². The summed E-state index contributed by atoms with van der Waals surface area (Å²) in [6.07, 6.45) is -1.04. The summed E-state index contributed by atoms with van der Waals surface area (Å²) < 4.78 is 16.3. The van der Waals surface area contributed by atoms with Gasteiger partial charge in [0.15, 0.2) is 17.6 Å². The van der Waals surface area contributed by atoms with Crippen molar-refractivity contribution in [3.63, 3.8) is 0 Å². The molecule has 0 saturated heterocycles. The number of esters is 1. The molecule has 0 spiro atoms. The molecule has 0 radical (unpaired) electrons. The van der Waals surface area contributed by atoms with Crippen LogP contribution in [0.1, 0.15) is 34.6 Å². The van der Waals surface area contributed by atoms with Crippen LogP contribution in [0.4, 0.5) is 10.7 Å². The molecule has 0 bridgehead atoms. The zero-order chi connectivity index (χ0) is 21.1. The summed E-state index contributed by atoms with van der Waals surface area (Å²) in [6.45, 7) is 7.39. The van der Waals surface area contributed by atoms with Crippen molar-refractivity contribution in [1.29, 1.82) is 0 Å². The highest BCUT2D eigenvalue weighted by Gasteiger charge is 2.26. The van der Waals surface area contributed by atoms with Crippen molar-refractivity contribution in [2.75, 3.05) is 23.8 Å². The Morgan fingerprint density at radius 3 is 2.48 bits per heavy atom. The summed E-state index contributed by atoms with van der Waals surface area (Å²) in [5.74, 6) is -0.281. The first-order valence-electron chi connectivity index (χ1n) is 9.05. The molecule has 3 rings (SSSR count). The maximum atomic E-state index is 12.7. The number of fused-ring (bicyclic) bond motifs is 1. The van der Waals surface area contributed by atoms with Gasteiger partial charge in [-0.3, -0.25) is 9.59 Å². The van der Waals surface area contributed by atoms with Crippen molar-refractivity contribution in [2.45, 2.75) is 33.8 Å². The molecular weight excluding hydrogens is 396 g/mol. The highest BCUT2D eigenvalue weighted by atomic mass is 32.1. The first-order valence-corrected chi connectivity index (χ1v) is 9.87. The van der Waals surface area contributed by atoms with Gasteiger partial charge in [-0.05, 0) is 38.5 Å². The van der Waals surface area contributed by atoms with Gasteiger partial charge >= 0.3 is 5.97 Å². The van der Waals surface area contributed by atoms with Crippen LogP contribution in [0.3, 0.4) is 0 Å². The molecule has 2 N–H and O–H groups in total. The fraction of sp³-hybridized carbons (Fsp3) is 0.350. The van der Waals surface area contributed by atoms with Crippen LogP contribution >= 0.6 is 11.3 Å². The Kier molecular flexibility index (Phi) is 6.07. The molecule has 1 aromatic heterocycles. The number of benzene rings is 1. The van der Waals surface area contributed by atoms with Crippen LogP contribution in [0.5, 0.6) is 11.5 Å². The van der Waals surface area contributed by atoms with Crippen LogP contribution < -0.4 is 20.1 Å². The highest BCUT2D eigenvalue weighted by molar-refractivity contribution is 7.16. The van der Waals surface area contributed by atoms with Gasteiger partial charge in [0.25, 0.3) is 5.91 Å². The fourth-order valence-electron chi connectivity index (χ4n) is 2.76. The molecular formula is C20H22N2O6S. The number of nitrogens with one attached hydrogen (secondary N) is 2. The van der Waals surface area contributed by atoms with E-state index in [4.69, 9.17) is 14.2 Å². The normalized spacial score (nSPS) is 13.4. The van der Waals surface area contributed by atoms with Crippen LogP contribution in [0.25, 0.3) is 0 Å². The van der Waals surface area contributed by atoms with E-state index < -0.39 is 18.0 Å². The molecule has 2 amide bonds. The van der Waals surface area contributed by atoms with Gasteiger partial charge in [-0.2, -0.15) is 0 Å². The average molecular weight is 418 g/mol. The lowest BCUT2D eigenvalue weighted by Gasteiger charge is -2.19. The predicted octanol–water partition coefficient (Wildman–Crippen LogP) is 3.28. The maximum Gasteiger partial charge on any atom is 0.342 e. The van der Waals surface area contributed by atoms with E-state index in [0.29, 0.717) is 41.0 Å². The van der Waals surface area contributed by atoms with Crippen molar-refractivity contribution < 1.29 is 28.6 Å². The minimum Gasteiger partial charge on any atom is -0.486 e. The van der Waals surface area contributed by atoms with E-state index in [1.54, 1.807) is 25.1 Å². The van der Waals surface area contributed by atoms with Crippen molar-refractivity contribution in [3.8, 4) is 11.5 Å². The smallest absolute Gasteiger partial charge is 0.342 e. The first kappa shape index (κ1) is 20.7. The number of hydrogen-bond donors (Lipinski definition) is 2. The SMILES string of the molecule is CC(=O)Nc1sc(C)c(C)c1C(=O)OC(C)C(=O)Nc1ccc2c(c1)OCCO2. The fourth-order valence-corrected chi connectivity index (χ4v) is 3.85. The van der Waals surface area contributed by atoms with Gasteiger partial charge in [0.05, 0.1) is 5.56 Å². The molecule has 1 unspecified atom stereocenters. The van der Waals surface area contributed by atoms with Gasteiger partial charge in [-0.25, -0.2) is 4.79 Å². The maximum absolute atomic E-state index is 12.7. The number of ether oxygens (including phenoxy) is 3. The van der Waals surface area contributed by atoms with E-state index in [9.17, 15) is 14.4 Å². The molecule has 2 heterocycles. The predicted molar refractivity (Wildman–Crippen MR) is 109 cm³/mol. The Bertz CT molecular complexity index is 968. The third kappa shape index (κ3) is 4.68. The summed E-state index contributed by atoms with van der Waals surface area (Å²) in [4.78, 5) is 37.4. The van der Waals surface area contributed by atoms with Gasteiger partial charge in [0.1, 0.15) is 18.2 Å². The second kappa shape index (κ2) is 8.52. The number of anilines is 2. The van der Waals surface area contributed by atoms with Gasteiger partial charge in [0.2, 0.25) is 5.91 Å². The van der Waals surface area contributed by atoms with Crippen molar-refractivity contribution in [3.05, 3.63) is 34.2 Å². The Morgan fingerprint density at radius 2 is 1.79 bits per heavy atom. The van der Waals surface area contributed by atoms with E-state index >= 15 is 0 Å². The van der Waals surface area contributed by atoms with Gasteiger partial charge in [-0.15, -0.1) is 11.3 Å². The van der Waals surface area contributed by atoms with Gasteiger partial charge in [0, 0.05) is 23.6 Å². The van der Waals surface area contributed by atoms with Crippen LogP contribution in [0, 0.1) is 13.8 Å². The Hall–Kier alpha value is -3.07. The van der Waals surface area contributed by atoms with Crippen molar-refractivity contribution in [1.82, 2.24) is 0 Å². The van der Waals surface area contributed by atoms with E-state index in [0.717, 1.165) is 4.88 Å². The lowest BCUT2D eigenvalue weighted by molar-refractivity contribution is -0.123. The molecule has 29 heavy (non-hydrogen) atoms. The molecule has 0 saturated carbocycles. The molecule has 1 aromatic carbocycles. The lowest BCUT2D eigenvalue weighted by Crippen LogP contribution is -2.30. The average Bonchev–Trinajstić information content (AvgIpc) is 2.94. The first-order chi connectivity index (χ1) is 13.8. The minimum absolute atomic E-state index is 0.265. The number of aryl methyl sites for hydroxylation is 1. The molecule has 154 valence electrons. The van der Waals surface area contributed by atoms with Crippen molar-refractivity contribution >= 4 is 39.8 Å². The Morgan fingerprint density at radius 1 is 1.10 bits per heavy atom. The van der Waals surface area contributed by atoms with Crippen molar-refractivity contribution in [2.24, 2.45) is 0 Å². The quantitative estimate of drug-likeness (QED) is 0.723. The van der Waals surface area contributed by atoms with E-state index in [1.807, 2.05) is 6.92 Å². The molecule has 1 aliphatic heterocycles. The van der Waals surface area contributed by atoms with E-state index in [-0.39, 0.29) is 11.5 Å². The van der Waals surface area contributed by atoms with Crippen LogP contribution in [0.2, 0.25) is 0 Å². The standard InChI is InChI=1S/C20H22N2O6S/c1-10-12(3)29-19(21-13(4)23)17(10)20(25)28-11(2)18(24)22-14-5-6-15-16(9-14)27-8-7-26-15/h5-6,9,11H,7-8H2,1-4H3,(H,21,23)(H,22,24). The zero-order valence-corrected chi connectivity index (χ0v) is 17.4. The van der Waals surface area contributed by atoms with Gasteiger partial charge in [-0.1, -0.05) is 0 Å². The summed E-state index contributed by atoms with van der Waals surface area (Å²) in [5.41, 5.74) is 1.48. The van der Waals surface area contributed by atoms with Gasteiger partial charge < -0.3 is 24.8 Å². The second-order valence-electron chi connectivity index (χ2n) is 6.56. The topological polar surface area (TPSA) is 103 Å². The number of thiophene rings is 1.